The van der Waals surface area contributed by atoms with Gasteiger partial charge in [0.2, 0.25) is 41.4 Å². The largest absolute Gasteiger partial charge is 0.396 e. The predicted octanol–water partition coefficient (Wildman–Crippen LogP) is -5.82. The van der Waals surface area contributed by atoms with Gasteiger partial charge in [-0.05, 0) is 56.8 Å². The molecule has 5 rings (SSSR count). The number of ketones is 3. The average Bonchev–Trinajstić information content (AvgIpc) is 1.61. The Labute approximate surface area is 711 Å². The molecule has 0 aromatic heterocycles. The van der Waals surface area contributed by atoms with E-state index >= 15 is 0 Å². The monoisotopic (exact) mass is 1760 g/mol. The number of carbonyl (C=O) groups excluding carboxylic acids is 10. The number of likely N-dealkylation sites (tertiary alicyclic amines) is 1. The molecule has 25 atom stereocenters. The summed E-state index contributed by atoms with van der Waals surface area (Å²) < 4.78 is 67.8. The van der Waals surface area contributed by atoms with E-state index in [1.54, 1.807) is 18.7 Å². The van der Waals surface area contributed by atoms with Crippen LogP contribution in [0.4, 0.5) is 0 Å². The highest BCUT2D eigenvalue weighted by Gasteiger charge is 2.52. The van der Waals surface area contributed by atoms with Gasteiger partial charge in [-0.3, -0.25) is 47.9 Å². The second-order valence-corrected chi connectivity index (χ2v) is 32.5. The first-order valence-electron chi connectivity index (χ1n) is 42.5. The number of carbonyl (C=O) groups is 10. The number of amides is 7. The fourth-order valence-electron chi connectivity index (χ4n) is 15.0. The molecule has 4 unspecified atom stereocenters. The van der Waals surface area contributed by atoms with Crippen molar-refractivity contribution in [2.24, 2.45) is 28.6 Å². The van der Waals surface area contributed by atoms with Crippen molar-refractivity contribution in [3.05, 3.63) is 0 Å². The molecule has 5 saturated heterocycles. The molecule has 0 spiro atoms. The third-order valence-corrected chi connectivity index (χ3v) is 23.1. The van der Waals surface area contributed by atoms with Crippen LogP contribution in [0.25, 0.3) is 0 Å². The summed E-state index contributed by atoms with van der Waals surface area (Å²) in [5.41, 5.74) is -0.794. The van der Waals surface area contributed by atoms with Crippen LogP contribution >= 0.6 is 0 Å². The van der Waals surface area contributed by atoms with Gasteiger partial charge in [-0.25, -0.2) is 0 Å². The fraction of sp³-hybridized carbons (Fsp3) is 0.875. The number of nitrogens with one attached hydrogen (secondary N) is 6. The highest BCUT2D eigenvalue weighted by Crippen LogP contribution is 2.48. The predicted molar refractivity (Wildman–Crippen MR) is 424 cm³/mol. The van der Waals surface area contributed by atoms with Crippen LogP contribution in [0.2, 0.25) is 0 Å². The summed E-state index contributed by atoms with van der Waals surface area (Å²) in [6.07, 6.45) is -20.7. The lowest BCUT2D eigenvalue weighted by molar-refractivity contribution is -0.284. The Hall–Kier alpha value is -5.70. The van der Waals surface area contributed by atoms with Gasteiger partial charge in [-0.2, -0.15) is 0 Å². The Morgan fingerprint density at radius 3 is 1.30 bits per heavy atom. The molecule has 5 aliphatic heterocycles. The van der Waals surface area contributed by atoms with Gasteiger partial charge in [0.05, 0.1) is 117 Å². The lowest BCUT2D eigenvalue weighted by Gasteiger charge is -2.42. The summed E-state index contributed by atoms with van der Waals surface area (Å²) in [7, 11) is 0. The molecule has 5 fully saturated rings. The molecule has 0 bridgehead atoms. The Morgan fingerprint density at radius 1 is 0.418 bits per heavy atom. The van der Waals surface area contributed by atoms with Crippen molar-refractivity contribution < 1.29 is 171 Å². The maximum atomic E-state index is 14.8. The molecule has 0 radical (unpaired) electrons. The normalized spacial score (nSPS) is 30.5. The van der Waals surface area contributed by atoms with Crippen molar-refractivity contribution in [2.75, 3.05) is 138 Å². The standard InChI is InChI=1S/C80H139N7O35/c1-8-79(6)43-87(44-80(79,7)45-92)62(100)17-11-9-10-14-52(96)38-50(73(109)86-54(74(110)82-25-29-114-32-35-116-76-47(3)66(102)68(104)57(40-89)120-76)20-19-51(95)15-12-26-111-30-34-115-75-46(2)65(101)67(103)56(39-88)119-75)18-22-61(99)85-53(55(97)16-13-27-112-31-36-117-77-63(83-48(4)93)71(107)69(105)58(41-90)121-77)21-23-60(98)81-24-28-113-33-37-118-78-64(84-49(5)94)72(108)70(106)59(42-91)122-78/h46-47,50,53-54,56-59,63-72,75-78,88-92,101-108H,8-45H2,1-7H3,(H,81,98)(H,82,110)(H,83,93)(H,84,94)(H,85,99)(H,86,109)/t46-,47-,50+,53-,54-,56-,57-,58-,59-,63-,64-,65-,66-,67+,68+,69+,70+,71-,72-,75?,76?,77?,78?,79+,80+/m1/s1. The number of ether oxygens (including phenoxy) is 12. The van der Waals surface area contributed by atoms with Gasteiger partial charge < -0.3 is 160 Å². The third kappa shape index (κ3) is 34.5. The van der Waals surface area contributed by atoms with E-state index in [0.717, 1.165) is 6.42 Å². The van der Waals surface area contributed by atoms with Gasteiger partial charge >= 0.3 is 0 Å². The number of Topliss-reactive ketones (excluding diaryl/α,β-unsaturated/α-hetero) is 3. The second kappa shape index (κ2) is 55.8. The zero-order chi connectivity index (χ0) is 90.2. The van der Waals surface area contributed by atoms with Crippen LogP contribution < -0.4 is 31.9 Å². The SMILES string of the molecule is CC[C@@]1(C)CN(C(=O)CCCCCC(=O)C[C@H](CCC(=O)N[C@H](CCC(=O)NCCOCCOC2O[C@H](CO)[C@H](O)[C@H](O)[C@H]2NC(C)=O)C(=O)CCCOCCOC2O[C@H](CO)[C@H](O)[C@H](O)[C@H]2NC(C)=O)C(=O)N[C@H](CCC(=O)CCCOCCOC2O[C@H](CO)[C@H](O)[C@H](O)[C@H]2C)C(=O)NCCOCCOC2O[C@H](CO)[C@H](O)[C@H](O)[C@H]2C)C[C@@]1(C)CO. The third-order valence-electron chi connectivity index (χ3n) is 23.1. The minimum Gasteiger partial charge on any atom is -0.396 e. The number of unbranched alkanes of at least 4 members (excludes halogenated alkanes) is 2. The van der Waals surface area contributed by atoms with Gasteiger partial charge in [-0.1, -0.05) is 41.0 Å². The lowest BCUT2D eigenvalue weighted by atomic mass is 9.67. The summed E-state index contributed by atoms with van der Waals surface area (Å²) in [4.78, 5) is 138. The van der Waals surface area contributed by atoms with Crippen LogP contribution in [0.15, 0.2) is 0 Å². The summed E-state index contributed by atoms with van der Waals surface area (Å²) in [5.74, 6) is -8.05. The van der Waals surface area contributed by atoms with Crippen LogP contribution in [0.5, 0.6) is 0 Å². The molecule has 42 heteroatoms. The zero-order valence-electron chi connectivity index (χ0n) is 71.4. The molecule has 5 heterocycles. The van der Waals surface area contributed by atoms with Crippen LogP contribution in [-0.4, -0.2) is 391 Å². The topological polar surface area (TPSA) is 620 Å². The first-order chi connectivity index (χ1) is 58.1. The van der Waals surface area contributed by atoms with E-state index in [9.17, 15) is 114 Å². The molecule has 7 amide bonds. The Morgan fingerprint density at radius 2 is 0.836 bits per heavy atom. The number of hydrogen-bond donors (Lipinski definition) is 19. The molecule has 0 aromatic rings. The van der Waals surface area contributed by atoms with Gasteiger partial charge in [0.1, 0.15) is 90.7 Å². The minimum absolute atomic E-state index is 0.000172. The molecule has 42 nitrogen and oxygen atoms in total. The average molecular weight is 1760 g/mol. The van der Waals surface area contributed by atoms with Gasteiger partial charge in [0, 0.05) is 128 Å². The summed E-state index contributed by atoms with van der Waals surface area (Å²) in [6, 6.07) is -5.16. The molecule has 0 aromatic carbocycles. The Balaban J connectivity index is 1.29. The van der Waals surface area contributed by atoms with Crippen molar-refractivity contribution >= 4 is 58.7 Å². The number of aliphatic hydroxyl groups is 13. The number of nitrogens with zero attached hydrogens (tertiary/aromatic N) is 1. The van der Waals surface area contributed by atoms with Crippen molar-refractivity contribution in [3.8, 4) is 0 Å². The molecule has 19 N–H and O–H groups in total. The molecule has 5 aliphatic rings. The highest BCUT2D eigenvalue weighted by molar-refractivity contribution is 5.93. The van der Waals surface area contributed by atoms with E-state index in [0.29, 0.717) is 32.4 Å². The maximum absolute atomic E-state index is 14.8. The van der Waals surface area contributed by atoms with Crippen molar-refractivity contribution in [2.45, 2.75) is 280 Å². The van der Waals surface area contributed by atoms with Crippen LogP contribution in [0.1, 0.15) is 158 Å². The van der Waals surface area contributed by atoms with Gasteiger partial charge in [0.25, 0.3) is 0 Å². The van der Waals surface area contributed by atoms with Crippen LogP contribution in [0, 0.1) is 28.6 Å². The van der Waals surface area contributed by atoms with Crippen molar-refractivity contribution in [1.82, 2.24) is 36.8 Å². The molecular weight excluding hydrogens is 1620 g/mol. The van der Waals surface area contributed by atoms with E-state index in [1.807, 2.05) is 20.8 Å². The quantitative estimate of drug-likeness (QED) is 0.0252. The molecular formula is C80H139N7O35. The molecule has 122 heavy (non-hydrogen) atoms. The summed E-state index contributed by atoms with van der Waals surface area (Å²) in [6.45, 7) is 8.98. The minimum atomic E-state index is -1.57. The van der Waals surface area contributed by atoms with Crippen molar-refractivity contribution in [3.63, 3.8) is 0 Å². The first-order valence-corrected chi connectivity index (χ1v) is 42.5. The van der Waals surface area contributed by atoms with E-state index in [4.69, 9.17) is 56.8 Å². The van der Waals surface area contributed by atoms with E-state index in [-0.39, 0.29) is 187 Å². The number of rotatable bonds is 60. The molecule has 0 saturated carbocycles. The number of aliphatic hydroxyl groups excluding tert-OH is 13. The van der Waals surface area contributed by atoms with Crippen LogP contribution in [-0.2, 0) is 105 Å². The second-order valence-electron chi connectivity index (χ2n) is 32.5. The summed E-state index contributed by atoms with van der Waals surface area (Å²) >= 11 is 0. The molecule has 704 valence electrons. The van der Waals surface area contributed by atoms with E-state index in [2.05, 4.69) is 31.9 Å². The lowest BCUT2D eigenvalue weighted by Crippen LogP contribution is -2.64. The van der Waals surface area contributed by atoms with Crippen molar-refractivity contribution in [1.29, 1.82) is 0 Å². The van der Waals surface area contributed by atoms with Crippen LogP contribution in [0.3, 0.4) is 0 Å². The highest BCUT2D eigenvalue weighted by atomic mass is 16.7. The first kappa shape index (κ1) is 107. The van der Waals surface area contributed by atoms with Gasteiger partial charge in [-0.15, -0.1) is 0 Å². The molecule has 0 aliphatic carbocycles. The van der Waals surface area contributed by atoms with E-state index < -0.39 is 232 Å². The smallest absolute Gasteiger partial charge is 0.242 e. The fourth-order valence-corrected chi connectivity index (χ4v) is 15.0. The Kier molecular flexibility index (Phi) is 48.9. The maximum Gasteiger partial charge on any atom is 0.242 e. The zero-order valence-corrected chi connectivity index (χ0v) is 71.4. The van der Waals surface area contributed by atoms with E-state index in [1.165, 1.54) is 13.8 Å². The Bertz CT molecular complexity index is 3140. The number of hydrogen-bond acceptors (Lipinski definition) is 35. The summed E-state index contributed by atoms with van der Waals surface area (Å²) in [5, 5.41) is 148. The van der Waals surface area contributed by atoms with Gasteiger partial charge in [0.15, 0.2) is 30.9 Å².